The fourth-order valence-corrected chi connectivity index (χ4v) is 2.20. The number of hydrogen-bond acceptors (Lipinski definition) is 4. The predicted octanol–water partition coefficient (Wildman–Crippen LogP) is 1.14. The molecule has 1 atom stereocenters. The van der Waals surface area contributed by atoms with Gasteiger partial charge in [0.1, 0.15) is 0 Å². The van der Waals surface area contributed by atoms with Crippen molar-refractivity contribution in [1.29, 1.82) is 0 Å². The Labute approximate surface area is 129 Å². The molecule has 0 saturated carbocycles. The summed E-state index contributed by atoms with van der Waals surface area (Å²) in [6, 6.07) is 6.82. The molecule has 1 unspecified atom stereocenters. The number of anilines is 2. The summed E-state index contributed by atoms with van der Waals surface area (Å²) in [4.78, 5) is 23.5. The van der Waals surface area contributed by atoms with E-state index in [1.165, 1.54) is 0 Å². The van der Waals surface area contributed by atoms with Gasteiger partial charge in [-0.15, -0.1) is 0 Å². The average molecular weight is 306 g/mol. The minimum Gasteiger partial charge on any atom is -0.378 e. The molecule has 1 saturated heterocycles. The maximum Gasteiger partial charge on any atom is 0.319 e. The second kappa shape index (κ2) is 8.35. The van der Waals surface area contributed by atoms with Crippen molar-refractivity contribution in [2.75, 3.05) is 36.9 Å². The topological polar surface area (TPSA) is 91.5 Å². The van der Waals surface area contributed by atoms with Gasteiger partial charge in [0.2, 0.25) is 5.91 Å². The van der Waals surface area contributed by atoms with Gasteiger partial charge in [0.25, 0.3) is 0 Å². The molecule has 0 bridgehead atoms. The zero-order valence-corrected chi connectivity index (χ0v) is 12.6. The van der Waals surface area contributed by atoms with E-state index in [2.05, 4.69) is 21.3 Å². The summed E-state index contributed by atoms with van der Waals surface area (Å²) < 4.78 is 5.32. The monoisotopic (exact) mass is 306 g/mol. The van der Waals surface area contributed by atoms with Crippen LogP contribution < -0.4 is 21.3 Å². The van der Waals surface area contributed by atoms with Crippen molar-refractivity contribution >= 4 is 23.3 Å². The Morgan fingerprint density at radius 2 is 2.09 bits per heavy atom. The van der Waals surface area contributed by atoms with Crippen LogP contribution in [0.4, 0.5) is 16.2 Å². The lowest BCUT2D eigenvalue weighted by atomic mass is 10.2. The van der Waals surface area contributed by atoms with Gasteiger partial charge in [0.05, 0.1) is 13.2 Å². The van der Waals surface area contributed by atoms with Crippen LogP contribution in [0, 0.1) is 0 Å². The molecule has 120 valence electrons. The number of morpholine rings is 1. The summed E-state index contributed by atoms with van der Waals surface area (Å²) in [7, 11) is 0. The van der Waals surface area contributed by atoms with Crippen molar-refractivity contribution in [2.24, 2.45) is 0 Å². The molecule has 22 heavy (non-hydrogen) atoms. The van der Waals surface area contributed by atoms with Crippen LogP contribution in [0.25, 0.3) is 0 Å². The Hall–Kier alpha value is -2.12. The highest BCUT2D eigenvalue weighted by Crippen LogP contribution is 2.15. The van der Waals surface area contributed by atoms with E-state index in [1.54, 1.807) is 24.3 Å². The van der Waals surface area contributed by atoms with Gasteiger partial charge in [0, 0.05) is 36.9 Å². The van der Waals surface area contributed by atoms with Gasteiger partial charge in [-0.1, -0.05) is 6.07 Å². The van der Waals surface area contributed by atoms with Gasteiger partial charge in [-0.05, 0) is 25.1 Å². The maximum atomic E-state index is 12.0. The molecular formula is C15H22N4O3. The number of ether oxygens (including phenoxy) is 1. The molecule has 7 nitrogen and oxygen atoms in total. The highest BCUT2D eigenvalue weighted by Gasteiger charge is 2.16. The van der Waals surface area contributed by atoms with Gasteiger partial charge in [-0.3, -0.25) is 4.79 Å². The largest absolute Gasteiger partial charge is 0.378 e. The first-order valence-electron chi connectivity index (χ1n) is 7.43. The molecule has 4 N–H and O–H groups in total. The SMILES string of the molecule is CCNC(=O)Nc1cccc(NC(=O)CC2COCCN2)c1. The van der Waals surface area contributed by atoms with Crippen molar-refractivity contribution in [3.8, 4) is 0 Å². The Kier molecular flexibility index (Phi) is 6.17. The van der Waals surface area contributed by atoms with E-state index >= 15 is 0 Å². The standard InChI is InChI=1S/C15H22N4O3/c1-2-16-15(21)19-12-5-3-4-11(8-12)18-14(20)9-13-10-22-7-6-17-13/h3-5,8,13,17H,2,6-7,9-10H2,1H3,(H,18,20)(H2,16,19,21). The lowest BCUT2D eigenvalue weighted by Crippen LogP contribution is -2.43. The van der Waals surface area contributed by atoms with Crippen molar-refractivity contribution in [2.45, 2.75) is 19.4 Å². The first kappa shape index (κ1) is 16.3. The van der Waals surface area contributed by atoms with Crippen LogP contribution in [-0.4, -0.2) is 44.3 Å². The Morgan fingerprint density at radius 1 is 1.32 bits per heavy atom. The number of rotatable bonds is 5. The fraction of sp³-hybridized carbons (Fsp3) is 0.467. The third-order valence-electron chi connectivity index (χ3n) is 3.17. The van der Waals surface area contributed by atoms with Crippen LogP contribution in [0.2, 0.25) is 0 Å². The summed E-state index contributed by atoms with van der Waals surface area (Å²) in [5.41, 5.74) is 1.28. The number of carbonyl (C=O) groups excluding carboxylic acids is 2. The van der Waals surface area contributed by atoms with Crippen LogP contribution >= 0.6 is 0 Å². The molecule has 1 heterocycles. The molecule has 0 radical (unpaired) electrons. The van der Waals surface area contributed by atoms with Gasteiger partial charge in [-0.25, -0.2) is 4.79 Å². The summed E-state index contributed by atoms with van der Waals surface area (Å²) in [6.07, 6.45) is 0.355. The minimum absolute atomic E-state index is 0.0467. The number of nitrogens with one attached hydrogen (secondary N) is 4. The van der Waals surface area contributed by atoms with E-state index in [4.69, 9.17) is 4.74 Å². The highest BCUT2D eigenvalue weighted by atomic mass is 16.5. The van der Waals surface area contributed by atoms with Crippen molar-refractivity contribution in [1.82, 2.24) is 10.6 Å². The van der Waals surface area contributed by atoms with E-state index < -0.39 is 0 Å². The molecule has 2 rings (SSSR count). The van der Waals surface area contributed by atoms with Crippen LogP contribution in [0.5, 0.6) is 0 Å². The molecule has 1 fully saturated rings. The van der Waals surface area contributed by atoms with Crippen LogP contribution in [0.1, 0.15) is 13.3 Å². The van der Waals surface area contributed by atoms with Crippen molar-refractivity contribution in [3.05, 3.63) is 24.3 Å². The van der Waals surface area contributed by atoms with E-state index in [0.717, 1.165) is 6.54 Å². The Balaban J connectivity index is 1.86. The van der Waals surface area contributed by atoms with Crippen molar-refractivity contribution < 1.29 is 14.3 Å². The molecule has 7 heteroatoms. The number of urea groups is 1. The van der Waals surface area contributed by atoms with E-state index in [9.17, 15) is 9.59 Å². The number of benzene rings is 1. The van der Waals surface area contributed by atoms with Gasteiger partial charge >= 0.3 is 6.03 Å². The summed E-state index contributed by atoms with van der Waals surface area (Å²) in [5.74, 6) is -0.0850. The van der Waals surface area contributed by atoms with Crippen LogP contribution in [0.15, 0.2) is 24.3 Å². The summed E-state index contributed by atoms with van der Waals surface area (Å²) in [5, 5.41) is 11.4. The zero-order valence-electron chi connectivity index (χ0n) is 12.6. The second-order valence-electron chi connectivity index (χ2n) is 5.04. The van der Waals surface area contributed by atoms with E-state index in [0.29, 0.717) is 37.6 Å². The van der Waals surface area contributed by atoms with Crippen LogP contribution in [0.3, 0.4) is 0 Å². The maximum absolute atomic E-state index is 12.0. The smallest absolute Gasteiger partial charge is 0.319 e. The molecule has 1 aliphatic heterocycles. The van der Waals surface area contributed by atoms with Crippen molar-refractivity contribution in [3.63, 3.8) is 0 Å². The van der Waals surface area contributed by atoms with E-state index in [1.807, 2.05) is 6.92 Å². The highest BCUT2D eigenvalue weighted by molar-refractivity contribution is 5.93. The number of carbonyl (C=O) groups is 2. The summed E-state index contributed by atoms with van der Waals surface area (Å²) in [6.45, 7) is 4.40. The molecule has 0 aromatic heterocycles. The Bertz CT molecular complexity index is 515. The van der Waals surface area contributed by atoms with Crippen LogP contribution in [-0.2, 0) is 9.53 Å². The summed E-state index contributed by atoms with van der Waals surface area (Å²) >= 11 is 0. The van der Waals surface area contributed by atoms with Gasteiger partial charge in [-0.2, -0.15) is 0 Å². The first-order valence-corrected chi connectivity index (χ1v) is 7.43. The molecule has 1 aliphatic rings. The molecule has 3 amide bonds. The second-order valence-corrected chi connectivity index (χ2v) is 5.04. The lowest BCUT2D eigenvalue weighted by Gasteiger charge is -2.23. The van der Waals surface area contributed by atoms with Gasteiger partial charge in [0.15, 0.2) is 0 Å². The number of amides is 3. The zero-order chi connectivity index (χ0) is 15.8. The first-order chi connectivity index (χ1) is 10.7. The molecule has 0 aliphatic carbocycles. The molecule has 0 spiro atoms. The normalized spacial score (nSPS) is 17.6. The minimum atomic E-state index is -0.269. The predicted molar refractivity (Wildman–Crippen MR) is 85.0 cm³/mol. The van der Waals surface area contributed by atoms with Gasteiger partial charge < -0.3 is 26.0 Å². The Morgan fingerprint density at radius 3 is 2.77 bits per heavy atom. The quantitative estimate of drug-likeness (QED) is 0.656. The lowest BCUT2D eigenvalue weighted by molar-refractivity contribution is -0.117. The fourth-order valence-electron chi connectivity index (χ4n) is 2.20. The third-order valence-corrected chi connectivity index (χ3v) is 3.17. The molecule has 1 aromatic carbocycles. The number of hydrogen-bond donors (Lipinski definition) is 4. The molecule has 1 aromatic rings. The third kappa shape index (κ3) is 5.34. The average Bonchev–Trinajstić information content (AvgIpc) is 2.48. The molecular weight excluding hydrogens is 284 g/mol. The van der Waals surface area contributed by atoms with E-state index in [-0.39, 0.29) is 18.0 Å².